The van der Waals surface area contributed by atoms with Crippen LogP contribution in [-0.2, 0) is 9.47 Å². The van der Waals surface area contributed by atoms with Crippen LogP contribution in [0.4, 0.5) is 5.69 Å². The lowest BCUT2D eigenvalue weighted by molar-refractivity contribution is -0.100. The van der Waals surface area contributed by atoms with E-state index in [1.54, 1.807) is 30.3 Å². The topological polar surface area (TPSA) is 67.9 Å². The minimum absolute atomic E-state index is 0.0186. The zero-order valence-electron chi connectivity index (χ0n) is 14.9. The molecule has 2 fully saturated rings. The summed E-state index contributed by atoms with van der Waals surface area (Å²) in [4.78, 5) is 27.7. The molecule has 2 amide bonds. The molecule has 2 aliphatic rings. The number of hydrogen-bond acceptors (Lipinski definition) is 5. The maximum atomic E-state index is 13.0. The van der Waals surface area contributed by atoms with Crippen molar-refractivity contribution in [2.75, 3.05) is 25.1 Å². The molecule has 1 aromatic heterocycles. The summed E-state index contributed by atoms with van der Waals surface area (Å²) < 4.78 is 11.3. The first-order chi connectivity index (χ1) is 13.2. The molecule has 1 atom stereocenters. The van der Waals surface area contributed by atoms with E-state index in [0.717, 1.165) is 19.3 Å². The van der Waals surface area contributed by atoms with Crippen LogP contribution in [0, 0.1) is 0 Å². The van der Waals surface area contributed by atoms with E-state index in [0.29, 0.717) is 35.9 Å². The Hall–Kier alpha value is -2.22. The van der Waals surface area contributed by atoms with E-state index < -0.39 is 0 Å². The predicted octanol–water partition coefficient (Wildman–Crippen LogP) is 3.37. The normalized spacial score (nSPS) is 20.6. The predicted molar refractivity (Wildman–Crippen MR) is 103 cm³/mol. The maximum absolute atomic E-state index is 13.0. The first-order valence-electron chi connectivity index (χ1n) is 9.21. The van der Waals surface area contributed by atoms with Crippen LogP contribution >= 0.6 is 11.3 Å². The molecule has 0 bridgehead atoms. The highest BCUT2D eigenvalue weighted by molar-refractivity contribution is 7.12. The number of piperidine rings is 1. The molecule has 0 radical (unpaired) electrons. The molecule has 7 heteroatoms. The van der Waals surface area contributed by atoms with Gasteiger partial charge in [-0.2, -0.15) is 0 Å². The summed E-state index contributed by atoms with van der Waals surface area (Å²) in [5.74, 6) is -0.161. The highest BCUT2D eigenvalue weighted by Gasteiger charge is 2.36. The molecule has 6 nitrogen and oxygen atoms in total. The van der Waals surface area contributed by atoms with E-state index in [-0.39, 0.29) is 24.1 Å². The smallest absolute Gasteiger partial charge is 0.265 e. The molecule has 0 spiro atoms. The van der Waals surface area contributed by atoms with Gasteiger partial charge in [0.15, 0.2) is 6.29 Å². The Morgan fingerprint density at radius 1 is 1.07 bits per heavy atom. The number of nitrogens with one attached hydrogen (secondary N) is 1. The molecule has 2 aromatic rings. The molecular weight excluding hydrogens is 364 g/mol. The van der Waals surface area contributed by atoms with E-state index in [1.807, 2.05) is 16.3 Å². The van der Waals surface area contributed by atoms with Gasteiger partial charge in [-0.25, -0.2) is 0 Å². The SMILES string of the molecule is O=C(Nc1ccc(C(=O)N2CCCCC2C2OCCO2)cc1)c1cccs1. The number of likely N-dealkylation sites (tertiary alicyclic amines) is 1. The minimum Gasteiger partial charge on any atom is -0.348 e. The number of thiophene rings is 1. The third-order valence-electron chi connectivity index (χ3n) is 4.91. The Balaban J connectivity index is 1.44. The number of ether oxygens (including phenoxy) is 2. The number of anilines is 1. The Bertz CT molecular complexity index is 785. The van der Waals surface area contributed by atoms with E-state index >= 15 is 0 Å². The average Bonchev–Trinajstić information content (AvgIpc) is 3.42. The highest BCUT2D eigenvalue weighted by atomic mass is 32.1. The molecule has 0 aliphatic carbocycles. The second kappa shape index (κ2) is 8.21. The molecular formula is C20H22N2O4S. The van der Waals surface area contributed by atoms with Gasteiger partial charge in [-0.1, -0.05) is 6.07 Å². The second-order valence-corrected chi connectivity index (χ2v) is 7.63. The van der Waals surface area contributed by atoms with Crippen LogP contribution in [0.15, 0.2) is 41.8 Å². The molecule has 1 aromatic carbocycles. The summed E-state index contributed by atoms with van der Waals surface area (Å²) in [5, 5.41) is 4.71. The van der Waals surface area contributed by atoms with Crippen LogP contribution in [0.1, 0.15) is 39.3 Å². The Labute approximate surface area is 162 Å². The van der Waals surface area contributed by atoms with Crippen LogP contribution in [-0.4, -0.2) is 48.8 Å². The summed E-state index contributed by atoms with van der Waals surface area (Å²) in [6, 6.07) is 10.6. The van der Waals surface area contributed by atoms with Crippen molar-refractivity contribution >= 4 is 28.8 Å². The molecule has 142 valence electrons. The van der Waals surface area contributed by atoms with Crippen LogP contribution in [0.3, 0.4) is 0 Å². The van der Waals surface area contributed by atoms with Crippen LogP contribution < -0.4 is 5.32 Å². The number of carbonyl (C=O) groups is 2. The highest BCUT2D eigenvalue weighted by Crippen LogP contribution is 2.26. The third-order valence-corrected chi connectivity index (χ3v) is 5.78. The fourth-order valence-electron chi connectivity index (χ4n) is 3.55. The molecule has 1 unspecified atom stereocenters. The number of hydrogen-bond donors (Lipinski definition) is 1. The minimum atomic E-state index is -0.321. The van der Waals surface area contributed by atoms with Gasteiger partial charge in [-0.15, -0.1) is 11.3 Å². The Morgan fingerprint density at radius 2 is 1.85 bits per heavy atom. The van der Waals surface area contributed by atoms with Gasteiger partial charge >= 0.3 is 0 Å². The summed E-state index contributed by atoms with van der Waals surface area (Å²) in [7, 11) is 0. The van der Waals surface area contributed by atoms with Gasteiger partial charge in [-0.05, 0) is 55.0 Å². The lowest BCUT2D eigenvalue weighted by Gasteiger charge is -2.38. The van der Waals surface area contributed by atoms with Crippen molar-refractivity contribution in [1.29, 1.82) is 0 Å². The lowest BCUT2D eigenvalue weighted by Crippen LogP contribution is -2.50. The molecule has 1 N–H and O–H groups in total. The summed E-state index contributed by atoms with van der Waals surface area (Å²) in [6.45, 7) is 1.88. The number of carbonyl (C=O) groups excluding carboxylic acids is 2. The summed E-state index contributed by atoms with van der Waals surface area (Å²) >= 11 is 1.39. The molecule has 3 heterocycles. The van der Waals surface area contributed by atoms with Crippen molar-refractivity contribution in [3.05, 3.63) is 52.2 Å². The number of benzene rings is 1. The molecule has 2 aliphatic heterocycles. The molecule has 0 saturated carbocycles. The van der Waals surface area contributed by atoms with E-state index in [4.69, 9.17) is 9.47 Å². The molecule has 2 saturated heterocycles. The summed E-state index contributed by atoms with van der Waals surface area (Å²) in [6.07, 6.45) is 2.64. The first kappa shape index (κ1) is 18.2. The van der Waals surface area contributed by atoms with Crippen molar-refractivity contribution in [1.82, 2.24) is 4.90 Å². The van der Waals surface area contributed by atoms with Crippen LogP contribution in [0.5, 0.6) is 0 Å². The summed E-state index contributed by atoms with van der Waals surface area (Å²) in [5.41, 5.74) is 1.27. The van der Waals surface area contributed by atoms with Crippen molar-refractivity contribution in [3.63, 3.8) is 0 Å². The van der Waals surface area contributed by atoms with Gasteiger partial charge in [0.1, 0.15) is 0 Å². The maximum Gasteiger partial charge on any atom is 0.265 e. The Kier molecular flexibility index (Phi) is 5.52. The van der Waals surface area contributed by atoms with Crippen LogP contribution in [0.2, 0.25) is 0 Å². The monoisotopic (exact) mass is 386 g/mol. The van der Waals surface area contributed by atoms with Gasteiger partial charge < -0.3 is 19.7 Å². The van der Waals surface area contributed by atoms with Crippen LogP contribution in [0.25, 0.3) is 0 Å². The van der Waals surface area contributed by atoms with Crippen molar-refractivity contribution in [3.8, 4) is 0 Å². The van der Waals surface area contributed by atoms with Crippen molar-refractivity contribution in [2.45, 2.75) is 31.6 Å². The van der Waals surface area contributed by atoms with E-state index in [1.165, 1.54) is 11.3 Å². The van der Waals surface area contributed by atoms with Crippen molar-refractivity contribution in [2.24, 2.45) is 0 Å². The van der Waals surface area contributed by atoms with Crippen molar-refractivity contribution < 1.29 is 19.1 Å². The molecule has 27 heavy (non-hydrogen) atoms. The molecule has 4 rings (SSSR count). The van der Waals surface area contributed by atoms with Gasteiger partial charge in [0, 0.05) is 17.8 Å². The van der Waals surface area contributed by atoms with Gasteiger partial charge in [0.2, 0.25) is 0 Å². The first-order valence-corrected chi connectivity index (χ1v) is 10.1. The number of rotatable bonds is 4. The van der Waals surface area contributed by atoms with Gasteiger partial charge in [-0.3, -0.25) is 9.59 Å². The zero-order valence-corrected chi connectivity index (χ0v) is 15.7. The van der Waals surface area contributed by atoms with E-state index in [9.17, 15) is 9.59 Å². The zero-order chi connectivity index (χ0) is 18.6. The van der Waals surface area contributed by atoms with Gasteiger partial charge in [0.05, 0.1) is 24.1 Å². The number of nitrogens with zero attached hydrogens (tertiary/aromatic N) is 1. The largest absolute Gasteiger partial charge is 0.348 e. The quantitative estimate of drug-likeness (QED) is 0.875. The average molecular weight is 386 g/mol. The lowest BCUT2D eigenvalue weighted by atomic mass is 10.00. The standard InChI is InChI=1S/C20H22N2O4S/c23-18(17-5-3-13-27-17)21-15-8-6-14(7-9-15)19(24)22-10-2-1-4-16(22)20-25-11-12-26-20/h3,5-9,13,16,20H,1-2,4,10-12H2,(H,21,23). The van der Waals surface area contributed by atoms with E-state index in [2.05, 4.69) is 5.32 Å². The Morgan fingerprint density at radius 3 is 2.56 bits per heavy atom. The fraction of sp³-hybridized carbons (Fsp3) is 0.400. The van der Waals surface area contributed by atoms with Gasteiger partial charge in [0.25, 0.3) is 11.8 Å². The number of amides is 2. The fourth-order valence-corrected chi connectivity index (χ4v) is 4.17. The second-order valence-electron chi connectivity index (χ2n) is 6.68. The third kappa shape index (κ3) is 4.05.